The monoisotopic (exact) mass is 505 g/mol. The molecule has 0 N–H and O–H groups in total. The largest absolute Gasteiger partial charge is 0.334 e. The molecule has 0 saturated carbocycles. The second-order valence-corrected chi connectivity index (χ2v) is 10.8. The number of fused-ring (bicyclic) bond motifs is 1. The first kappa shape index (κ1) is 23.1. The van der Waals surface area contributed by atoms with Crippen LogP contribution in [-0.2, 0) is 4.79 Å². The molecule has 5 rings (SSSR count). The molecule has 0 radical (unpaired) electrons. The topological polar surface area (TPSA) is 35.9 Å². The van der Waals surface area contributed by atoms with Gasteiger partial charge in [-0.15, -0.1) is 0 Å². The molecule has 0 unspecified atom stereocenters. The van der Waals surface area contributed by atoms with Crippen LogP contribution in [0.2, 0.25) is 5.02 Å². The summed E-state index contributed by atoms with van der Waals surface area (Å²) in [6, 6.07) is 20.0. The first-order valence-corrected chi connectivity index (χ1v) is 13.1. The first-order chi connectivity index (χ1) is 16.4. The molecule has 0 aliphatic carbocycles. The first-order valence-electron chi connectivity index (χ1n) is 11.1. The number of aliphatic imine (C=N–C) groups is 1. The van der Waals surface area contributed by atoms with Crippen molar-refractivity contribution in [3.8, 4) is 0 Å². The number of halogens is 1. The molecule has 7 heteroatoms. The molecular formula is C27H24ClN3OS2. The van der Waals surface area contributed by atoms with E-state index < -0.39 is 0 Å². The molecule has 34 heavy (non-hydrogen) atoms. The number of carbonyl (C=O) groups excluding carboxylic acids is 1. The summed E-state index contributed by atoms with van der Waals surface area (Å²) in [6.07, 6.45) is 0. The van der Waals surface area contributed by atoms with Crippen molar-refractivity contribution in [2.45, 2.75) is 32.6 Å². The van der Waals surface area contributed by atoms with Crippen LogP contribution < -0.4 is 9.80 Å². The number of hydrogen-bond acceptors (Lipinski definition) is 5. The van der Waals surface area contributed by atoms with E-state index in [9.17, 15) is 4.79 Å². The molecule has 2 heterocycles. The SMILES string of the molecule is CCN1/C(=C2/SC(=Nc3ccc(C)c(C)c3)N(c3cccc(C)c3)C2=O)Sc2ccc(Cl)cc21. The van der Waals surface area contributed by atoms with E-state index in [-0.39, 0.29) is 5.91 Å². The van der Waals surface area contributed by atoms with Gasteiger partial charge in [-0.25, -0.2) is 4.99 Å². The van der Waals surface area contributed by atoms with Crippen LogP contribution in [0.3, 0.4) is 0 Å². The predicted octanol–water partition coefficient (Wildman–Crippen LogP) is 7.83. The van der Waals surface area contributed by atoms with Crippen molar-refractivity contribution >= 4 is 63.3 Å². The Bertz CT molecular complexity index is 1380. The van der Waals surface area contributed by atoms with Crippen LogP contribution in [0, 0.1) is 20.8 Å². The van der Waals surface area contributed by atoms with Gasteiger partial charge in [0, 0.05) is 16.5 Å². The minimum atomic E-state index is -0.0574. The Kier molecular flexibility index (Phi) is 6.23. The van der Waals surface area contributed by atoms with E-state index in [0.29, 0.717) is 15.1 Å². The fourth-order valence-electron chi connectivity index (χ4n) is 4.02. The predicted molar refractivity (Wildman–Crippen MR) is 147 cm³/mol. The van der Waals surface area contributed by atoms with Gasteiger partial charge in [0.15, 0.2) is 5.17 Å². The molecule has 2 aliphatic rings. The van der Waals surface area contributed by atoms with Gasteiger partial charge in [-0.3, -0.25) is 9.69 Å². The summed E-state index contributed by atoms with van der Waals surface area (Å²) in [5, 5.41) is 2.28. The summed E-state index contributed by atoms with van der Waals surface area (Å²) in [5.41, 5.74) is 6.18. The van der Waals surface area contributed by atoms with E-state index in [0.717, 1.165) is 39.1 Å². The van der Waals surface area contributed by atoms with Crippen LogP contribution in [-0.4, -0.2) is 17.6 Å². The maximum atomic E-state index is 13.9. The molecule has 0 spiro atoms. The van der Waals surface area contributed by atoms with Crippen molar-refractivity contribution in [3.05, 3.63) is 92.3 Å². The Balaban J connectivity index is 1.64. The zero-order valence-electron chi connectivity index (χ0n) is 19.4. The highest BCUT2D eigenvalue weighted by atomic mass is 35.5. The van der Waals surface area contributed by atoms with Crippen molar-refractivity contribution in [3.63, 3.8) is 0 Å². The lowest BCUT2D eigenvalue weighted by atomic mass is 10.1. The molecule has 4 nitrogen and oxygen atoms in total. The van der Waals surface area contributed by atoms with E-state index in [2.05, 4.69) is 37.8 Å². The second-order valence-electron chi connectivity index (χ2n) is 8.34. The minimum Gasteiger partial charge on any atom is -0.334 e. The Labute approximate surface area is 213 Å². The lowest BCUT2D eigenvalue weighted by molar-refractivity contribution is -0.113. The summed E-state index contributed by atoms with van der Waals surface area (Å²) in [4.78, 5) is 24.5. The Hall–Kier alpha value is -2.67. The number of carbonyl (C=O) groups is 1. The van der Waals surface area contributed by atoms with Crippen molar-refractivity contribution < 1.29 is 4.79 Å². The number of aryl methyl sites for hydroxylation is 3. The number of rotatable bonds is 3. The molecule has 3 aromatic rings. The van der Waals surface area contributed by atoms with Crippen molar-refractivity contribution in [1.29, 1.82) is 0 Å². The molecule has 3 aromatic carbocycles. The Morgan fingerprint density at radius 2 is 1.76 bits per heavy atom. The molecule has 0 aromatic heterocycles. The van der Waals surface area contributed by atoms with Crippen molar-refractivity contribution in [1.82, 2.24) is 0 Å². The van der Waals surface area contributed by atoms with E-state index in [1.54, 1.807) is 16.7 Å². The van der Waals surface area contributed by atoms with E-state index in [1.807, 2.05) is 55.5 Å². The third-order valence-corrected chi connectivity index (χ3v) is 8.51. The van der Waals surface area contributed by atoms with E-state index in [4.69, 9.17) is 16.6 Å². The van der Waals surface area contributed by atoms with Crippen LogP contribution in [0.5, 0.6) is 0 Å². The van der Waals surface area contributed by atoms with Gasteiger partial charge in [0.25, 0.3) is 5.91 Å². The maximum Gasteiger partial charge on any atom is 0.274 e. The van der Waals surface area contributed by atoms with Gasteiger partial charge in [0.1, 0.15) is 9.93 Å². The van der Waals surface area contributed by atoms with Gasteiger partial charge in [0.2, 0.25) is 0 Å². The Morgan fingerprint density at radius 3 is 2.50 bits per heavy atom. The highest BCUT2D eigenvalue weighted by Gasteiger charge is 2.40. The van der Waals surface area contributed by atoms with Crippen LogP contribution in [0.4, 0.5) is 17.1 Å². The van der Waals surface area contributed by atoms with Gasteiger partial charge in [-0.05, 0) is 98.6 Å². The average Bonchev–Trinajstić information content (AvgIpc) is 3.32. The molecule has 172 valence electrons. The third-order valence-electron chi connectivity index (χ3n) is 5.93. The maximum absolute atomic E-state index is 13.9. The van der Waals surface area contributed by atoms with Crippen molar-refractivity contribution in [2.24, 2.45) is 4.99 Å². The quantitative estimate of drug-likeness (QED) is 0.340. The zero-order chi connectivity index (χ0) is 24.0. The number of thioether (sulfide) groups is 2. The highest BCUT2D eigenvalue weighted by molar-refractivity contribution is 8.20. The lowest BCUT2D eigenvalue weighted by Crippen LogP contribution is -2.29. The van der Waals surface area contributed by atoms with Crippen LogP contribution in [0.15, 0.2) is 80.5 Å². The van der Waals surface area contributed by atoms with Gasteiger partial charge in [0.05, 0.1) is 17.1 Å². The smallest absolute Gasteiger partial charge is 0.274 e. The third kappa shape index (κ3) is 4.15. The van der Waals surface area contributed by atoms with Crippen LogP contribution in [0.1, 0.15) is 23.6 Å². The van der Waals surface area contributed by atoms with Gasteiger partial charge in [-0.1, -0.05) is 41.6 Å². The zero-order valence-corrected chi connectivity index (χ0v) is 21.8. The van der Waals surface area contributed by atoms with Crippen LogP contribution in [0.25, 0.3) is 0 Å². The molecule has 1 fully saturated rings. The number of hydrogen-bond donors (Lipinski definition) is 0. The van der Waals surface area contributed by atoms with E-state index >= 15 is 0 Å². The molecule has 1 saturated heterocycles. The van der Waals surface area contributed by atoms with Crippen molar-refractivity contribution in [2.75, 3.05) is 16.3 Å². The molecule has 1 amide bonds. The molecule has 0 bridgehead atoms. The second kappa shape index (κ2) is 9.17. The molecule has 0 atom stereocenters. The minimum absolute atomic E-state index is 0.0574. The number of nitrogens with zero attached hydrogens (tertiary/aromatic N) is 3. The normalized spacial score (nSPS) is 18.9. The molecule has 2 aliphatic heterocycles. The number of anilines is 2. The number of benzene rings is 3. The number of amides is 1. The van der Waals surface area contributed by atoms with Gasteiger partial charge in [-0.2, -0.15) is 0 Å². The Morgan fingerprint density at radius 1 is 0.941 bits per heavy atom. The average molecular weight is 506 g/mol. The standard InChI is InChI=1S/C27H24ClN3OS2/c1-5-30-22-15-19(28)10-12-23(22)33-26(30)24-25(32)31(21-8-6-7-16(2)13-21)27(34-24)29-20-11-9-17(3)18(4)14-20/h6-15H,5H2,1-4H3/b26-24-,29-27?. The summed E-state index contributed by atoms with van der Waals surface area (Å²) in [6.45, 7) is 9.02. The summed E-state index contributed by atoms with van der Waals surface area (Å²) < 4.78 is 0. The van der Waals surface area contributed by atoms with Gasteiger partial charge >= 0.3 is 0 Å². The van der Waals surface area contributed by atoms with Gasteiger partial charge < -0.3 is 4.90 Å². The molecular weight excluding hydrogens is 482 g/mol. The number of amidine groups is 1. The lowest BCUT2D eigenvalue weighted by Gasteiger charge is -2.19. The fourth-order valence-corrected chi connectivity index (χ4v) is 6.56. The fraction of sp³-hybridized carbons (Fsp3) is 0.185. The highest BCUT2D eigenvalue weighted by Crippen LogP contribution is 2.51. The summed E-state index contributed by atoms with van der Waals surface area (Å²) in [7, 11) is 0. The summed E-state index contributed by atoms with van der Waals surface area (Å²) in [5.74, 6) is -0.0574. The summed E-state index contributed by atoms with van der Waals surface area (Å²) >= 11 is 9.33. The van der Waals surface area contributed by atoms with E-state index in [1.165, 1.54) is 22.9 Å². The van der Waals surface area contributed by atoms with Crippen LogP contribution >= 0.6 is 35.1 Å².